The fourth-order valence-corrected chi connectivity index (χ4v) is 3.09. The van der Waals surface area contributed by atoms with Crippen LogP contribution in [-0.4, -0.2) is 17.9 Å². The van der Waals surface area contributed by atoms with Crippen LogP contribution in [0.15, 0.2) is 12.7 Å². The molecule has 0 radical (unpaired) electrons. The van der Waals surface area contributed by atoms with E-state index in [4.69, 9.17) is 5.73 Å². The van der Waals surface area contributed by atoms with Gasteiger partial charge in [0.2, 0.25) is 11.8 Å². The van der Waals surface area contributed by atoms with Gasteiger partial charge in [-0.25, -0.2) is 0 Å². The highest BCUT2D eigenvalue weighted by Crippen LogP contribution is 2.19. The van der Waals surface area contributed by atoms with Gasteiger partial charge in [-0.3, -0.25) is 9.59 Å². The third kappa shape index (κ3) is 12.7. The Bertz CT molecular complexity index is 380. The van der Waals surface area contributed by atoms with Crippen LogP contribution in [0, 0.1) is 11.8 Å². The number of rotatable bonds is 16. The Balaban J connectivity index is 4.57. The van der Waals surface area contributed by atoms with Gasteiger partial charge in [0.1, 0.15) is 6.04 Å². The number of hydrogen-bond donors (Lipinski definition) is 2. The zero-order chi connectivity index (χ0) is 19.1. The number of nitrogens with one attached hydrogen (secondary N) is 1. The van der Waals surface area contributed by atoms with Crippen molar-refractivity contribution in [1.82, 2.24) is 5.32 Å². The smallest absolute Gasteiger partial charge is 0.240 e. The van der Waals surface area contributed by atoms with Crippen LogP contribution in [0.3, 0.4) is 0 Å². The summed E-state index contributed by atoms with van der Waals surface area (Å²) < 4.78 is 0. The Kier molecular flexibility index (Phi) is 14.2. The topological polar surface area (TPSA) is 72.2 Å². The van der Waals surface area contributed by atoms with Crippen molar-refractivity contribution in [3.8, 4) is 0 Å². The van der Waals surface area contributed by atoms with Crippen molar-refractivity contribution >= 4 is 11.8 Å². The van der Waals surface area contributed by atoms with E-state index in [1.54, 1.807) is 0 Å². The molecular weight excluding hydrogens is 312 g/mol. The number of amides is 2. The maximum Gasteiger partial charge on any atom is 0.240 e. The lowest BCUT2D eigenvalue weighted by atomic mass is 9.93. The standard InChI is InChI=1S/C21H40N2O2/c1-5-7-9-11-13-15-18(14-12-10-8-6-2)21(25)23-19(20(22)24)16-17(3)4/h6,17-19H,2,5,7-16H2,1,3-4H3,(H2,22,24)(H,23,25)/t18?,19-/m0/s1. The second kappa shape index (κ2) is 15.0. The monoisotopic (exact) mass is 352 g/mol. The molecule has 0 spiro atoms. The summed E-state index contributed by atoms with van der Waals surface area (Å²) >= 11 is 0. The van der Waals surface area contributed by atoms with Crippen molar-refractivity contribution in [2.75, 3.05) is 0 Å². The van der Waals surface area contributed by atoms with Gasteiger partial charge in [0.25, 0.3) is 0 Å². The lowest BCUT2D eigenvalue weighted by Gasteiger charge is -2.22. The predicted octanol–water partition coefficient (Wildman–Crippen LogP) is 4.73. The van der Waals surface area contributed by atoms with Crippen LogP contribution in [0.4, 0.5) is 0 Å². The molecule has 0 aliphatic rings. The highest BCUT2D eigenvalue weighted by molar-refractivity contribution is 5.87. The number of allylic oxidation sites excluding steroid dienone is 1. The lowest BCUT2D eigenvalue weighted by Crippen LogP contribution is -2.47. The van der Waals surface area contributed by atoms with Crippen LogP contribution < -0.4 is 11.1 Å². The quantitative estimate of drug-likeness (QED) is 0.311. The summed E-state index contributed by atoms with van der Waals surface area (Å²) in [6.45, 7) is 10.0. The molecule has 0 rings (SSSR count). The van der Waals surface area contributed by atoms with E-state index < -0.39 is 11.9 Å². The molecule has 0 aliphatic carbocycles. The van der Waals surface area contributed by atoms with Gasteiger partial charge in [-0.05, 0) is 38.0 Å². The van der Waals surface area contributed by atoms with Crippen LogP contribution in [0.2, 0.25) is 0 Å². The first-order valence-corrected chi connectivity index (χ1v) is 10.1. The zero-order valence-electron chi connectivity index (χ0n) is 16.7. The molecule has 0 saturated carbocycles. The number of primary amides is 1. The number of nitrogens with two attached hydrogens (primary N) is 1. The van der Waals surface area contributed by atoms with Crippen molar-refractivity contribution < 1.29 is 9.59 Å². The molecule has 4 heteroatoms. The van der Waals surface area contributed by atoms with Crippen LogP contribution in [0.5, 0.6) is 0 Å². The van der Waals surface area contributed by atoms with E-state index in [1.807, 2.05) is 19.9 Å². The summed E-state index contributed by atoms with van der Waals surface area (Å²) in [7, 11) is 0. The second-order valence-electron chi connectivity index (χ2n) is 7.57. The zero-order valence-corrected chi connectivity index (χ0v) is 16.7. The van der Waals surface area contributed by atoms with Crippen molar-refractivity contribution in [2.24, 2.45) is 17.6 Å². The minimum atomic E-state index is -0.553. The van der Waals surface area contributed by atoms with Crippen molar-refractivity contribution in [2.45, 2.75) is 97.4 Å². The van der Waals surface area contributed by atoms with Crippen LogP contribution in [-0.2, 0) is 9.59 Å². The van der Waals surface area contributed by atoms with Gasteiger partial charge in [0.15, 0.2) is 0 Å². The minimum absolute atomic E-state index is 0.00135. The number of carbonyl (C=O) groups excluding carboxylic acids is 2. The molecule has 0 fully saturated rings. The van der Waals surface area contributed by atoms with Gasteiger partial charge < -0.3 is 11.1 Å². The molecule has 0 aromatic carbocycles. The van der Waals surface area contributed by atoms with E-state index in [9.17, 15) is 9.59 Å². The summed E-state index contributed by atoms with van der Waals surface area (Å²) in [6.07, 6.45) is 13.3. The van der Waals surface area contributed by atoms with Crippen LogP contribution in [0.1, 0.15) is 91.4 Å². The first-order valence-electron chi connectivity index (χ1n) is 10.1. The van der Waals surface area contributed by atoms with E-state index in [2.05, 4.69) is 18.8 Å². The van der Waals surface area contributed by atoms with E-state index in [0.29, 0.717) is 12.3 Å². The summed E-state index contributed by atoms with van der Waals surface area (Å²) in [4.78, 5) is 24.3. The molecule has 2 amide bonds. The molecule has 2 atom stereocenters. The molecule has 0 heterocycles. The van der Waals surface area contributed by atoms with Crippen LogP contribution >= 0.6 is 0 Å². The molecule has 146 valence electrons. The molecule has 0 aliphatic heterocycles. The molecule has 0 aromatic heterocycles. The molecule has 4 nitrogen and oxygen atoms in total. The third-order valence-electron chi connectivity index (χ3n) is 4.60. The fourth-order valence-electron chi connectivity index (χ4n) is 3.09. The Morgan fingerprint density at radius 1 is 1.04 bits per heavy atom. The molecule has 0 aromatic rings. The number of unbranched alkanes of at least 4 members (excludes halogenated alkanes) is 6. The predicted molar refractivity (Wildman–Crippen MR) is 106 cm³/mol. The van der Waals surface area contributed by atoms with Gasteiger partial charge in [-0.1, -0.05) is 65.4 Å². The van der Waals surface area contributed by atoms with Crippen LogP contribution in [0.25, 0.3) is 0 Å². The summed E-state index contributed by atoms with van der Waals surface area (Å²) in [5.74, 6) is -0.132. The first kappa shape index (κ1) is 23.7. The van der Waals surface area contributed by atoms with Gasteiger partial charge >= 0.3 is 0 Å². The van der Waals surface area contributed by atoms with Gasteiger partial charge in [-0.2, -0.15) is 0 Å². The van der Waals surface area contributed by atoms with Crippen molar-refractivity contribution in [1.29, 1.82) is 0 Å². The fraction of sp³-hybridized carbons (Fsp3) is 0.810. The van der Waals surface area contributed by atoms with Gasteiger partial charge in [-0.15, -0.1) is 6.58 Å². The first-order chi connectivity index (χ1) is 11.9. The van der Waals surface area contributed by atoms with E-state index >= 15 is 0 Å². The molecular formula is C21H40N2O2. The summed E-state index contributed by atoms with van der Waals surface area (Å²) in [5, 5.41) is 2.91. The summed E-state index contributed by atoms with van der Waals surface area (Å²) in [5.41, 5.74) is 5.46. The largest absolute Gasteiger partial charge is 0.368 e. The Morgan fingerprint density at radius 2 is 1.64 bits per heavy atom. The van der Waals surface area contributed by atoms with E-state index in [-0.39, 0.29) is 11.8 Å². The maximum absolute atomic E-state index is 12.7. The normalized spacial score (nSPS) is 13.4. The van der Waals surface area contributed by atoms with Crippen molar-refractivity contribution in [3.63, 3.8) is 0 Å². The van der Waals surface area contributed by atoms with Gasteiger partial charge in [0, 0.05) is 5.92 Å². The Labute approximate surface area is 155 Å². The molecule has 25 heavy (non-hydrogen) atoms. The molecule has 1 unspecified atom stereocenters. The Morgan fingerprint density at radius 3 is 2.16 bits per heavy atom. The maximum atomic E-state index is 12.7. The lowest BCUT2D eigenvalue weighted by molar-refractivity contribution is -0.130. The number of hydrogen-bond acceptors (Lipinski definition) is 2. The molecule has 0 bridgehead atoms. The van der Waals surface area contributed by atoms with Gasteiger partial charge in [0.05, 0.1) is 0 Å². The van der Waals surface area contributed by atoms with Crippen molar-refractivity contribution in [3.05, 3.63) is 12.7 Å². The van der Waals surface area contributed by atoms with E-state index in [0.717, 1.165) is 38.5 Å². The second-order valence-corrected chi connectivity index (χ2v) is 7.57. The summed E-state index contributed by atoms with van der Waals surface area (Å²) in [6, 6.07) is -0.553. The highest BCUT2D eigenvalue weighted by atomic mass is 16.2. The number of carbonyl (C=O) groups is 2. The minimum Gasteiger partial charge on any atom is -0.368 e. The average molecular weight is 353 g/mol. The molecule has 3 N–H and O–H groups in total. The highest BCUT2D eigenvalue weighted by Gasteiger charge is 2.24. The third-order valence-corrected chi connectivity index (χ3v) is 4.60. The molecule has 0 saturated heterocycles. The Hall–Kier alpha value is -1.32. The van der Waals surface area contributed by atoms with E-state index in [1.165, 1.54) is 25.7 Å². The SMILES string of the molecule is C=CCCCCC(CCCCCCC)C(=O)N[C@@H](CC(C)C)C(N)=O. The average Bonchev–Trinajstić information content (AvgIpc) is 2.55.